The topological polar surface area (TPSA) is 49.9 Å². The number of amides is 1. The maximum atomic E-state index is 12.5. The summed E-state index contributed by atoms with van der Waals surface area (Å²) >= 11 is 0. The van der Waals surface area contributed by atoms with Gasteiger partial charge in [-0.1, -0.05) is 24.3 Å². The molecule has 1 amide bonds. The fraction of sp³-hybridized carbons (Fsp3) is 0.364. The Kier molecular flexibility index (Phi) is 6.12. The van der Waals surface area contributed by atoms with Crippen molar-refractivity contribution in [1.29, 1.82) is 0 Å². The van der Waals surface area contributed by atoms with Crippen LogP contribution in [0, 0.1) is 6.92 Å². The summed E-state index contributed by atoms with van der Waals surface area (Å²) in [4.78, 5) is 29.0. The van der Waals surface area contributed by atoms with Crippen LogP contribution in [0.3, 0.4) is 0 Å². The Morgan fingerprint density at radius 2 is 1.70 bits per heavy atom. The second-order valence-electron chi connectivity index (χ2n) is 6.86. The molecule has 1 aliphatic rings. The molecule has 1 saturated heterocycles. The molecule has 27 heavy (non-hydrogen) atoms. The standard InChI is InChI=1S/C22H26N2O3/c1-17-5-3-7-19(15-17)23-11-13-24(14-12-23)22(26)10-9-21(25)18-6-4-8-20(16-18)27-2/h3-8,15-16H,9-14H2,1-2H3. The van der Waals surface area contributed by atoms with E-state index in [1.165, 1.54) is 11.3 Å². The number of rotatable bonds is 6. The maximum absolute atomic E-state index is 12.5. The Morgan fingerprint density at radius 1 is 0.963 bits per heavy atom. The van der Waals surface area contributed by atoms with Crippen LogP contribution in [0.2, 0.25) is 0 Å². The van der Waals surface area contributed by atoms with Crippen LogP contribution < -0.4 is 9.64 Å². The van der Waals surface area contributed by atoms with Gasteiger partial charge in [0.15, 0.2) is 5.78 Å². The van der Waals surface area contributed by atoms with Crippen LogP contribution in [-0.4, -0.2) is 49.9 Å². The summed E-state index contributed by atoms with van der Waals surface area (Å²) in [5.41, 5.74) is 3.03. The van der Waals surface area contributed by atoms with Crippen molar-refractivity contribution in [3.8, 4) is 5.75 Å². The number of hydrogen-bond donors (Lipinski definition) is 0. The molecule has 0 atom stereocenters. The fourth-order valence-electron chi connectivity index (χ4n) is 3.36. The first-order valence-electron chi connectivity index (χ1n) is 9.33. The van der Waals surface area contributed by atoms with Gasteiger partial charge in [-0.05, 0) is 36.8 Å². The zero-order valence-electron chi connectivity index (χ0n) is 16.0. The van der Waals surface area contributed by atoms with E-state index in [0.29, 0.717) is 24.4 Å². The molecule has 3 rings (SSSR count). The highest BCUT2D eigenvalue weighted by Crippen LogP contribution is 2.19. The summed E-state index contributed by atoms with van der Waals surface area (Å²) in [5, 5.41) is 0. The number of benzene rings is 2. The number of ketones is 1. The van der Waals surface area contributed by atoms with E-state index in [4.69, 9.17) is 4.74 Å². The molecule has 0 aromatic heterocycles. The van der Waals surface area contributed by atoms with Gasteiger partial charge < -0.3 is 14.5 Å². The smallest absolute Gasteiger partial charge is 0.223 e. The van der Waals surface area contributed by atoms with Crippen molar-refractivity contribution in [2.75, 3.05) is 38.2 Å². The first-order chi connectivity index (χ1) is 13.1. The molecule has 5 heteroatoms. The number of carbonyl (C=O) groups excluding carboxylic acids is 2. The Balaban J connectivity index is 1.48. The summed E-state index contributed by atoms with van der Waals surface area (Å²) in [5.74, 6) is 0.676. The van der Waals surface area contributed by atoms with E-state index in [-0.39, 0.29) is 24.5 Å². The number of anilines is 1. The molecule has 2 aromatic rings. The van der Waals surface area contributed by atoms with Crippen LogP contribution in [0.4, 0.5) is 5.69 Å². The van der Waals surface area contributed by atoms with E-state index in [1.807, 2.05) is 4.90 Å². The molecular weight excluding hydrogens is 340 g/mol. The van der Waals surface area contributed by atoms with Gasteiger partial charge in [0.2, 0.25) is 5.91 Å². The van der Waals surface area contributed by atoms with Crippen molar-refractivity contribution < 1.29 is 14.3 Å². The van der Waals surface area contributed by atoms with Gasteiger partial charge >= 0.3 is 0 Å². The monoisotopic (exact) mass is 366 g/mol. The quantitative estimate of drug-likeness (QED) is 0.736. The molecule has 0 N–H and O–H groups in total. The lowest BCUT2D eigenvalue weighted by molar-refractivity contribution is -0.131. The lowest BCUT2D eigenvalue weighted by Crippen LogP contribution is -2.48. The van der Waals surface area contributed by atoms with Crippen molar-refractivity contribution in [2.24, 2.45) is 0 Å². The Bertz CT molecular complexity index is 811. The number of ether oxygens (including phenoxy) is 1. The Hall–Kier alpha value is -2.82. The van der Waals surface area contributed by atoms with E-state index < -0.39 is 0 Å². The molecule has 0 aliphatic carbocycles. The van der Waals surface area contributed by atoms with Crippen LogP contribution >= 0.6 is 0 Å². The molecule has 0 saturated carbocycles. The van der Waals surface area contributed by atoms with Crippen LogP contribution in [0.25, 0.3) is 0 Å². The van der Waals surface area contributed by atoms with Crippen molar-refractivity contribution in [3.63, 3.8) is 0 Å². The van der Waals surface area contributed by atoms with Gasteiger partial charge in [0.25, 0.3) is 0 Å². The minimum Gasteiger partial charge on any atom is -0.497 e. The predicted octanol–water partition coefficient (Wildman–Crippen LogP) is 3.32. The number of hydrogen-bond acceptors (Lipinski definition) is 4. The molecule has 0 bridgehead atoms. The number of carbonyl (C=O) groups is 2. The minimum absolute atomic E-state index is 0.0272. The highest BCUT2D eigenvalue weighted by atomic mass is 16.5. The average Bonchev–Trinajstić information content (AvgIpc) is 2.72. The van der Waals surface area contributed by atoms with Gasteiger partial charge in [0, 0.05) is 50.3 Å². The molecule has 2 aromatic carbocycles. The lowest BCUT2D eigenvalue weighted by Gasteiger charge is -2.36. The Labute approximate surface area is 160 Å². The molecule has 1 fully saturated rings. The van der Waals surface area contributed by atoms with Crippen LogP contribution in [0.15, 0.2) is 48.5 Å². The van der Waals surface area contributed by atoms with Gasteiger partial charge in [-0.15, -0.1) is 0 Å². The third-order valence-corrected chi connectivity index (χ3v) is 4.96. The summed E-state index contributed by atoms with van der Waals surface area (Å²) in [6, 6.07) is 15.5. The van der Waals surface area contributed by atoms with Crippen LogP contribution in [0.1, 0.15) is 28.8 Å². The molecular formula is C22H26N2O3. The molecule has 1 heterocycles. The molecule has 1 aliphatic heterocycles. The predicted molar refractivity (Wildman–Crippen MR) is 107 cm³/mol. The first-order valence-corrected chi connectivity index (χ1v) is 9.33. The van der Waals surface area contributed by atoms with E-state index in [0.717, 1.165) is 13.1 Å². The average molecular weight is 366 g/mol. The van der Waals surface area contributed by atoms with Gasteiger partial charge in [0.05, 0.1) is 7.11 Å². The SMILES string of the molecule is COc1cccc(C(=O)CCC(=O)N2CCN(c3cccc(C)c3)CC2)c1. The van der Waals surface area contributed by atoms with Crippen molar-refractivity contribution in [2.45, 2.75) is 19.8 Å². The van der Waals surface area contributed by atoms with E-state index in [2.05, 4.69) is 36.1 Å². The Morgan fingerprint density at radius 3 is 2.41 bits per heavy atom. The second kappa shape index (κ2) is 8.71. The molecule has 0 unspecified atom stereocenters. The number of aryl methyl sites for hydroxylation is 1. The molecule has 0 radical (unpaired) electrons. The third kappa shape index (κ3) is 4.88. The first kappa shape index (κ1) is 19.0. The van der Waals surface area contributed by atoms with Crippen LogP contribution in [-0.2, 0) is 4.79 Å². The fourth-order valence-corrected chi connectivity index (χ4v) is 3.36. The van der Waals surface area contributed by atoms with Crippen molar-refractivity contribution >= 4 is 17.4 Å². The zero-order valence-corrected chi connectivity index (χ0v) is 16.0. The van der Waals surface area contributed by atoms with E-state index >= 15 is 0 Å². The van der Waals surface area contributed by atoms with E-state index in [1.54, 1.807) is 31.4 Å². The van der Waals surface area contributed by atoms with Crippen molar-refractivity contribution in [1.82, 2.24) is 4.90 Å². The number of Topliss-reactive ketones (excluding diaryl/α,β-unsaturated/α-hetero) is 1. The summed E-state index contributed by atoms with van der Waals surface area (Å²) in [6.45, 7) is 5.11. The third-order valence-electron chi connectivity index (χ3n) is 4.96. The number of methoxy groups -OCH3 is 1. The molecule has 0 spiro atoms. The van der Waals surface area contributed by atoms with Crippen molar-refractivity contribution in [3.05, 3.63) is 59.7 Å². The molecule has 142 valence electrons. The zero-order chi connectivity index (χ0) is 19.2. The molecule has 5 nitrogen and oxygen atoms in total. The van der Waals surface area contributed by atoms with Gasteiger partial charge in [-0.25, -0.2) is 0 Å². The van der Waals surface area contributed by atoms with Crippen LogP contribution in [0.5, 0.6) is 5.75 Å². The highest BCUT2D eigenvalue weighted by molar-refractivity contribution is 5.98. The summed E-state index contributed by atoms with van der Waals surface area (Å²) < 4.78 is 5.15. The van der Waals surface area contributed by atoms with E-state index in [9.17, 15) is 9.59 Å². The van der Waals surface area contributed by atoms with Gasteiger partial charge in [-0.3, -0.25) is 9.59 Å². The highest BCUT2D eigenvalue weighted by Gasteiger charge is 2.22. The summed E-state index contributed by atoms with van der Waals surface area (Å²) in [7, 11) is 1.57. The maximum Gasteiger partial charge on any atom is 0.223 e. The minimum atomic E-state index is -0.0272. The van der Waals surface area contributed by atoms with Gasteiger partial charge in [-0.2, -0.15) is 0 Å². The number of nitrogens with zero attached hydrogens (tertiary/aromatic N) is 2. The van der Waals surface area contributed by atoms with Gasteiger partial charge in [0.1, 0.15) is 5.75 Å². The number of piperazine rings is 1. The lowest BCUT2D eigenvalue weighted by atomic mass is 10.1. The largest absolute Gasteiger partial charge is 0.497 e. The summed E-state index contributed by atoms with van der Waals surface area (Å²) in [6.07, 6.45) is 0.477. The second-order valence-corrected chi connectivity index (χ2v) is 6.86. The normalized spacial score (nSPS) is 14.1.